The third-order valence-corrected chi connectivity index (χ3v) is 4.39. The van der Waals surface area contributed by atoms with Gasteiger partial charge in [0.05, 0.1) is 6.42 Å². The third kappa shape index (κ3) is 3.79. The summed E-state index contributed by atoms with van der Waals surface area (Å²) in [5.41, 5.74) is 8.12. The molecular formula is C16H17BrN4O2. The molecule has 1 aromatic heterocycles. The van der Waals surface area contributed by atoms with Crippen molar-refractivity contribution < 1.29 is 9.59 Å². The van der Waals surface area contributed by atoms with Crippen LogP contribution in [0.1, 0.15) is 40.2 Å². The van der Waals surface area contributed by atoms with Crippen LogP contribution in [-0.2, 0) is 24.1 Å². The van der Waals surface area contributed by atoms with E-state index in [0.717, 1.165) is 47.0 Å². The Morgan fingerprint density at radius 3 is 2.65 bits per heavy atom. The predicted octanol–water partition coefficient (Wildman–Crippen LogP) is 2.05. The van der Waals surface area contributed by atoms with Gasteiger partial charge in [-0.25, -0.2) is 0 Å². The van der Waals surface area contributed by atoms with E-state index in [2.05, 4.69) is 37.0 Å². The largest absolute Gasteiger partial charge is 0.290 e. The fraction of sp³-hybridized carbons (Fsp3) is 0.312. The van der Waals surface area contributed by atoms with Crippen molar-refractivity contribution in [1.29, 1.82) is 0 Å². The summed E-state index contributed by atoms with van der Waals surface area (Å²) in [5.74, 6) is -0.654. The fourth-order valence-corrected chi connectivity index (χ4v) is 2.95. The zero-order valence-corrected chi connectivity index (χ0v) is 14.1. The number of hydrazine groups is 1. The minimum Gasteiger partial charge on any atom is -0.281 e. The zero-order valence-electron chi connectivity index (χ0n) is 12.5. The molecule has 0 fully saturated rings. The lowest BCUT2D eigenvalue weighted by Crippen LogP contribution is -2.42. The van der Waals surface area contributed by atoms with Crippen LogP contribution in [0.3, 0.4) is 0 Å². The molecule has 23 heavy (non-hydrogen) atoms. The van der Waals surface area contributed by atoms with Crippen molar-refractivity contribution in [3.8, 4) is 0 Å². The monoisotopic (exact) mass is 376 g/mol. The highest BCUT2D eigenvalue weighted by molar-refractivity contribution is 9.10. The molecule has 120 valence electrons. The summed E-state index contributed by atoms with van der Waals surface area (Å²) in [6, 6.07) is 7.46. The zero-order chi connectivity index (χ0) is 16.2. The Morgan fingerprint density at radius 1 is 1.13 bits per heavy atom. The average molecular weight is 377 g/mol. The Balaban J connectivity index is 1.55. The van der Waals surface area contributed by atoms with Crippen LogP contribution in [0.15, 0.2) is 28.7 Å². The summed E-state index contributed by atoms with van der Waals surface area (Å²) in [5, 5.41) is 6.99. The molecule has 0 radical (unpaired) electrons. The maximum atomic E-state index is 12.2. The SMILES string of the molecule is O=C(Cc1ccc(Br)cc1)NNC(=O)c1n[nH]c2c1CCCC2. The van der Waals surface area contributed by atoms with Crippen molar-refractivity contribution in [3.05, 3.63) is 51.3 Å². The summed E-state index contributed by atoms with van der Waals surface area (Å²) in [6.45, 7) is 0. The first kappa shape index (κ1) is 15.7. The number of hydrogen-bond acceptors (Lipinski definition) is 3. The molecule has 0 bridgehead atoms. The van der Waals surface area contributed by atoms with Gasteiger partial charge in [0, 0.05) is 15.7 Å². The summed E-state index contributed by atoms with van der Waals surface area (Å²) in [6.07, 6.45) is 4.14. The number of rotatable bonds is 3. The van der Waals surface area contributed by atoms with Gasteiger partial charge in [-0.1, -0.05) is 28.1 Å². The Hall–Kier alpha value is -2.15. The normalized spacial score (nSPS) is 13.3. The molecule has 1 aliphatic rings. The minimum atomic E-state index is -0.381. The van der Waals surface area contributed by atoms with Gasteiger partial charge < -0.3 is 0 Å². The average Bonchev–Trinajstić information content (AvgIpc) is 2.99. The van der Waals surface area contributed by atoms with Crippen LogP contribution < -0.4 is 10.9 Å². The molecule has 0 unspecified atom stereocenters. The van der Waals surface area contributed by atoms with Crippen molar-refractivity contribution in [2.45, 2.75) is 32.1 Å². The number of nitrogens with one attached hydrogen (secondary N) is 3. The maximum absolute atomic E-state index is 12.2. The van der Waals surface area contributed by atoms with Crippen LogP contribution in [0.25, 0.3) is 0 Å². The third-order valence-electron chi connectivity index (χ3n) is 3.86. The molecule has 2 aromatic rings. The van der Waals surface area contributed by atoms with Gasteiger partial charge in [-0.2, -0.15) is 5.10 Å². The van der Waals surface area contributed by atoms with Crippen molar-refractivity contribution >= 4 is 27.7 Å². The number of carbonyl (C=O) groups excluding carboxylic acids is 2. The first-order chi connectivity index (χ1) is 11.1. The molecule has 7 heteroatoms. The second-order valence-electron chi connectivity index (χ2n) is 5.54. The summed E-state index contributed by atoms with van der Waals surface area (Å²) in [7, 11) is 0. The smallest absolute Gasteiger partial charge is 0.281 e. The van der Waals surface area contributed by atoms with Crippen LogP contribution in [-0.4, -0.2) is 22.0 Å². The van der Waals surface area contributed by atoms with E-state index in [1.807, 2.05) is 24.3 Å². The maximum Gasteiger partial charge on any atom is 0.290 e. The number of amides is 2. The first-order valence-electron chi connectivity index (χ1n) is 7.53. The van der Waals surface area contributed by atoms with Gasteiger partial charge in [0.15, 0.2) is 5.69 Å². The Kier molecular flexibility index (Phi) is 4.76. The predicted molar refractivity (Wildman–Crippen MR) is 88.7 cm³/mol. The van der Waals surface area contributed by atoms with Crippen LogP contribution >= 0.6 is 15.9 Å². The van der Waals surface area contributed by atoms with Gasteiger partial charge in [-0.15, -0.1) is 0 Å². The molecule has 2 amide bonds. The van der Waals surface area contributed by atoms with Crippen molar-refractivity contribution in [3.63, 3.8) is 0 Å². The number of aromatic amines is 1. The van der Waals surface area contributed by atoms with Gasteiger partial charge in [0.1, 0.15) is 0 Å². The highest BCUT2D eigenvalue weighted by Crippen LogP contribution is 2.21. The molecule has 1 aliphatic carbocycles. The minimum absolute atomic E-state index is 0.201. The van der Waals surface area contributed by atoms with Gasteiger partial charge in [-0.05, 0) is 43.4 Å². The molecule has 1 heterocycles. The summed E-state index contributed by atoms with van der Waals surface area (Å²) in [4.78, 5) is 24.1. The number of H-pyrrole nitrogens is 1. The van der Waals surface area contributed by atoms with E-state index in [4.69, 9.17) is 0 Å². The number of carbonyl (C=O) groups is 2. The highest BCUT2D eigenvalue weighted by Gasteiger charge is 2.21. The molecule has 3 N–H and O–H groups in total. The van der Waals surface area contributed by atoms with E-state index in [1.54, 1.807) is 0 Å². The van der Waals surface area contributed by atoms with Crippen LogP contribution in [0, 0.1) is 0 Å². The molecule has 6 nitrogen and oxygen atoms in total. The topological polar surface area (TPSA) is 86.9 Å². The fourth-order valence-electron chi connectivity index (χ4n) is 2.69. The molecule has 0 aliphatic heterocycles. The Morgan fingerprint density at radius 2 is 1.87 bits per heavy atom. The number of halogens is 1. The number of nitrogens with zero attached hydrogens (tertiary/aromatic N) is 1. The van der Waals surface area contributed by atoms with Gasteiger partial charge in [0.25, 0.3) is 5.91 Å². The lowest BCUT2D eigenvalue weighted by atomic mass is 9.96. The van der Waals surface area contributed by atoms with Gasteiger partial charge in [0.2, 0.25) is 5.91 Å². The van der Waals surface area contributed by atoms with E-state index in [-0.39, 0.29) is 18.2 Å². The molecular weight excluding hydrogens is 360 g/mol. The standard InChI is InChI=1S/C16H17BrN4O2/c17-11-7-5-10(6-8-11)9-14(22)19-21-16(23)15-12-3-1-2-4-13(12)18-20-15/h5-8H,1-4,9H2,(H,18,20)(H,19,22)(H,21,23). The lowest BCUT2D eigenvalue weighted by Gasteiger charge is -2.11. The molecule has 0 spiro atoms. The quantitative estimate of drug-likeness (QED) is 0.716. The Labute approximate surface area is 142 Å². The van der Waals surface area contributed by atoms with Crippen LogP contribution in [0.5, 0.6) is 0 Å². The van der Waals surface area contributed by atoms with Crippen molar-refractivity contribution in [1.82, 2.24) is 21.0 Å². The van der Waals surface area contributed by atoms with Crippen molar-refractivity contribution in [2.24, 2.45) is 0 Å². The number of hydrogen-bond donors (Lipinski definition) is 3. The number of aromatic nitrogens is 2. The number of fused-ring (bicyclic) bond motifs is 1. The molecule has 0 saturated heterocycles. The second kappa shape index (κ2) is 6.95. The molecule has 3 rings (SSSR count). The van der Waals surface area contributed by atoms with E-state index >= 15 is 0 Å². The van der Waals surface area contributed by atoms with Crippen LogP contribution in [0.4, 0.5) is 0 Å². The van der Waals surface area contributed by atoms with E-state index in [1.165, 1.54) is 0 Å². The number of benzene rings is 1. The van der Waals surface area contributed by atoms with Crippen molar-refractivity contribution in [2.75, 3.05) is 0 Å². The van der Waals surface area contributed by atoms with Gasteiger partial charge in [-0.3, -0.25) is 25.5 Å². The van der Waals surface area contributed by atoms with E-state index < -0.39 is 0 Å². The second-order valence-corrected chi connectivity index (χ2v) is 6.46. The van der Waals surface area contributed by atoms with Crippen LogP contribution in [0.2, 0.25) is 0 Å². The summed E-state index contributed by atoms with van der Waals surface area (Å²) >= 11 is 3.35. The summed E-state index contributed by atoms with van der Waals surface area (Å²) < 4.78 is 0.957. The molecule has 0 atom stereocenters. The Bertz CT molecular complexity index is 724. The molecule has 1 aromatic carbocycles. The number of aryl methyl sites for hydroxylation is 1. The highest BCUT2D eigenvalue weighted by atomic mass is 79.9. The molecule has 0 saturated carbocycles. The van der Waals surface area contributed by atoms with Gasteiger partial charge >= 0.3 is 0 Å². The first-order valence-corrected chi connectivity index (χ1v) is 8.32. The van der Waals surface area contributed by atoms with E-state index in [9.17, 15) is 9.59 Å². The lowest BCUT2D eigenvalue weighted by molar-refractivity contribution is -0.121. The van der Waals surface area contributed by atoms with E-state index in [0.29, 0.717) is 5.69 Å².